The summed E-state index contributed by atoms with van der Waals surface area (Å²) in [5.41, 5.74) is 2.48. The third-order valence-corrected chi connectivity index (χ3v) is 2.57. The number of carbonyl (C=O) groups is 1. The molecule has 0 spiro atoms. The van der Waals surface area contributed by atoms with Crippen LogP contribution in [0.4, 0.5) is 5.82 Å². The molecule has 5 nitrogen and oxygen atoms in total. The van der Waals surface area contributed by atoms with Crippen LogP contribution in [-0.4, -0.2) is 17.1 Å². The first kappa shape index (κ1) is 12.8. The Kier molecular flexibility index (Phi) is 3.87. The van der Waals surface area contributed by atoms with E-state index in [1.165, 1.54) is 6.21 Å². The Hall–Kier alpha value is -2.69. The third kappa shape index (κ3) is 3.38. The van der Waals surface area contributed by atoms with Crippen molar-refractivity contribution in [3.05, 3.63) is 59.3 Å². The molecule has 0 unspecified atom stereocenters. The van der Waals surface area contributed by atoms with Crippen LogP contribution in [0.5, 0.6) is 0 Å². The molecule has 0 aliphatic carbocycles. The second-order valence-corrected chi connectivity index (χ2v) is 4.08. The van der Waals surface area contributed by atoms with Crippen LogP contribution in [0.2, 0.25) is 0 Å². The molecule has 1 amide bonds. The van der Waals surface area contributed by atoms with Gasteiger partial charge in [0, 0.05) is 17.3 Å². The smallest absolute Gasteiger partial charge is 0.256 e. The third-order valence-electron chi connectivity index (χ3n) is 2.57. The molecule has 0 fully saturated rings. The summed E-state index contributed by atoms with van der Waals surface area (Å²) in [6.07, 6.45) is 3.07. The number of nitrogens with zero attached hydrogens (tertiary/aromatic N) is 2. The second kappa shape index (κ2) is 5.77. The number of amides is 1. The number of hydrazone groups is 1. The molecule has 1 heterocycles. The van der Waals surface area contributed by atoms with Gasteiger partial charge in [0.15, 0.2) is 0 Å². The molecule has 1 aromatic heterocycles. The van der Waals surface area contributed by atoms with Crippen LogP contribution in [0.3, 0.4) is 0 Å². The van der Waals surface area contributed by atoms with Gasteiger partial charge in [0.2, 0.25) is 0 Å². The van der Waals surface area contributed by atoms with E-state index in [1.807, 2.05) is 19.1 Å². The van der Waals surface area contributed by atoms with E-state index in [-0.39, 0.29) is 5.91 Å². The van der Waals surface area contributed by atoms with Gasteiger partial charge >= 0.3 is 0 Å². The Morgan fingerprint density at radius 3 is 2.58 bits per heavy atom. The fourth-order valence-corrected chi connectivity index (χ4v) is 1.54. The van der Waals surface area contributed by atoms with Crippen molar-refractivity contribution in [2.45, 2.75) is 6.92 Å². The van der Waals surface area contributed by atoms with E-state index < -0.39 is 0 Å². The van der Waals surface area contributed by atoms with Crippen molar-refractivity contribution in [1.29, 1.82) is 0 Å². The lowest BCUT2D eigenvalue weighted by atomic mass is 10.1. The molecule has 5 heteroatoms. The molecule has 0 saturated heterocycles. The first-order chi connectivity index (χ1) is 9.19. The van der Waals surface area contributed by atoms with E-state index in [1.54, 1.807) is 30.5 Å². The van der Waals surface area contributed by atoms with Gasteiger partial charge < -0.3 is 11.2 Å². The molecule has 3 N–H and O–H groups in total. The molecule has 0 saturated carbocycles. The predicted molar refractivity (Wildman–Crippen MR) is 75.2 cm³/mol. The van der Waals surface area contributed by atoms with Gasteiger partial charge in [-0.2, -0.15) is 5.10 Å². The van der Waals surface area contributed by atoms with Crippen LogP contribution in [0.15, 0.2) is 47.7 Å². The monoisotopic (exact) mass is 254 g/mol. The second-order valence-electron chi connectivity index (χ2n) is 4.08. The van der Waals surface area contributed by atoms with Gasteiger partial charge in [-0.15, -0.1) is 0 Å². The van der Waals surface area contributed by atoms with Gasteiger partial charge in [-0.3, -0.25) is 4.79 Å². The van der Waals surface area contributed by atoms with Crippen molar-refractivity contribution < 1.29 is 4.79 Å². The number of aromatic nitrogens is 1. The van der Waals surface area contributed by atoms with E-state index >= 15 is 0 Å². The van der Waals surface area contributed by atoms with Crippen LogP contribution in [0.1, 0.15) is 21.5 Å². The molecule has 2 aromatic rings. The highest BCUT2D eigenvalue weighted by molar-refractivity contribution is 6.03. The van der Waals surface area contributed by atoms with Crippen molar-refractivity contribution >= 4 is 17.9 Å². The van der Waals surface area contributed by atoms with Crippen LogP contribution < -0.4 is 11.2 Å². The normalized spacial score (nSPS) is 10.6. The van der Waals surface area contributed by atoms with Gasteiger partial charge in [0.05, 0.1) is 6.21 Å². The molecule has 0 aliphatic heterocycles. The number of aryl methyl sites for hydroxylation is 1. The average molecular weight is 254 g/mol. The zero-order chi connectivity index (χ0) is 13.7. The molecular weight excluding hydrogens is 240 g/mol. The Morgan fingerprint density at radius 1 is 1.26 bits per heavy atom. The minimum absolute atomic E-state index is 0.187. The number of pyridine rings is 1. The summed E-state index contributed by atoms with van der Waals surface area (Å²) in [4.78, 5) is 16.0. The average Bonchev–Trinajstić information content (AvgIpc) is 2.42. The number of nitrogens with two attached hydrogens (primary N) is 1. The standard InChI is InChI=1S/C14H14N4O/c1-10-2-5-12(6-3-10)14(19)18-13-7-4-11(8-16-13)9-17-15/h2-9H,15H2,1H3,(H,16,18,19). The van der Waals surface area contributed by atoms with Crippen LogP contribution in [0, 0.1) is 6.92 Å². The highest BCUT2D eigenvalue weighted by atomic mass is 16.1. The van der Waals surface area contributed by atoms with Crippen LogP contribution in [0.25, 0.3) is 0 Å². The SMILES string of the molecule is Cc1ccc(C(=O)Nc2ccc(C=NN)cn2)cc1. The van der Waals surface area contributed by atoms with E-state index in [0.29, 0.717) is 11.4 Å². The van der Waals surface area contributed by atoms with Crippen molar-refractivity contribution in [3.8, 4) is 0 Å². The molecule has 96 valence electrons. The Morgan fingerprint density at radius 2 is 2.00 bits per heavy atom. The number of nitrogens with one attached hydrogen (secondary N) is 1. The maximum Gasteiger partial charge on any atom is 0.256 e. The van der Waals surface area contributed by atoms with Crippen LogP contribution in [-0.2, 0) is 0 Å². The molecular formula is C14H14N4O. The largest absolute Gasteiger partial charge is 0.323 e. The first-order valence-electron chi connectivity index (χ1n) is 5.76. The van der Waals surface area contributed by atoms with Crippen molar-refractivity contribution in [3.63, 3.8) is 0 Å². The van der Waals surface area contributed by atoms with Gasteiger partial charge in [-0.25, -0.2) is 4.98 Å². The summed E-state index contributed by atoms with van der Waals surface area (Å²) in [6.45, 7) is 1.97. The molecule has 0 atom stereocenters. The first-order valence-corrected chi connectivity index (χ1v) is 5.76. The Bertz CT molecular complexity index is 588. The fraction of sp³-hybridized carbons (Fsp3) is 0.0714. The van der Waals surface area contributed by atoms with E-state index in [9.17, 15) is 4.79 Å². The number of hydrogen-bond donors (Lipinski definition) is 2. The number of carbonyl (C=O) groups excluding carboxylic acids is 1. The van der Waals surface area contributed by atoms with E-state index in [4.69, 9.17) is 5.84 Å². The maximum atomic E-state index is 11.9. The predicted octanol–water partition coefficient (Wildman–Crippen LogP) is 1.93. The summed E-state index contributed by atoms with van der Waals surface area (Å²) in [5.74, 6) is 5.34. The zero-order valence-corrected chi connectivity index (χ0v) is 10.5. The van der Waals surface area contributed by atoms with E-state index in [2.05, 4.69) is 15.4 Å². The molecule has 0 aliphatic rings. The van der Waals surface area contributed by atoms with Gasteiger partial charge in [0.1, 0.15) is 5.82 Å². The highest BCUT2D eigenvalue weighted by Gasteiger charge is 2.05. The minimum Gasteiger partial charge on any atom is -0.323 e. The lowest BCUT2D eigenvalue weighted by molar-refractivity contribution is 0.102. The summed E-state index contributed by atoms with van der Waals surface area (Å²) < 4.78 is 0. The maximum absolute atomic E-state index is 11.9. The van der Waals surface area contributed by atoms with Gasteiger partial charge in [-0.1, -0.05) is 17.7 Å². The highest BCUT2D eigenvalue weighted by Crippen LogP contribution is 2.08. The molecule has 2 rings (SSSR count). The lowest BCUT2D eigenvalue weighted by Gasteiger charge is -2.04. The van der Waals surface area contributed by atoms with Gasteiger partial charge in [0.25, 0.3) is 5.91 Å². The summed E-state index contributed by atoms with van der Waals surface area (Å²) in [6, 6.07) is 10.8. The summed E-state index contributed by atoms with van der Waals surface area (Å²) in [5, 5.41) is 6.12. The van der Waals surface area contributed by atoms with Crippen molar-refractivity contribution in [1.82, 2.24) is 4.98 Å². The lowest BCUT2D eigenvalue weighted by Crippen LogP contribution is -2.12. The molecule has 0 radical (unpaired) electrons. The topological polar surface area (TPSA) is 80.4 Å². The van der Waals surface area contributed by atoms with E-state index in [0.717, 1.165) is 11.1 Å². The number of rotatable bonds is 3. The molecule has 1 aromatic carbocycles. The molecule has 19 heavy (non-hydrogen) atoms. The minimum atomic E-state index is -0.187. The number of anilines is 1. The quantitative estimate of drug-likeness (QED) is 0.499. The zero-order valence-electron chi connectivity index (χ0n) is 10.5. The summed E-state index contributed by atoms with van der Waals surface area (Å²) in [7, 11) is 0. The number of benzene rings is 1. The van der Waals surface area contributed by atoms with Gasteiger partial charge in [-0.05, 0) is 31.2 Å². The fourth-order valence-electron chi connectivity index (χ4n) is 1.54. The molecule has 0 bridgehead atoms. The number of hydrogen-bond acceptors (Lipinski definition) is 4. The van der Waals surface area contributed by atoms with Crippen LogP contribution >= 0.6 is 0 Å². The summed E-state index contributed by atoms with van der Waals surface area (Å²) >= 11 is 0. The Balaban J connectivity index is 2.08. The van der Waals surface area contributed by atoms with Crippen molar-refractivity contribution in [2.75, 3.05) is 5.32 Å². The Labute approximate surface area is 111 Å². The van der Waals surface area contributed by atoms with Crippen molar-refractivity contribution in [2.24, 2.45) is 10.9 Å².